The van der Waals surface area contributed by atoms with Gasteiger partial charge in [-0.3, -0.25) is 0 Å². The van der Waals surface area contributed by atoms with Crippen LogP contribution in [0.4, 0.5) is 0 Å². The van der Waals surface area contributed by atoms with Crippen molar-refractivity contribution < 1.29 is 19.4 Å². The lowest BCUT2D eigenvalue weighted by Crippen LogP contribution is -2.06. The molecule has 1 aromatic carbocycles. The minimum Gasteiger partial charge on any atom is -0.494 e. The second kappa shape index (κ2) is 5.36. The number of rotatable bonds is 4. The van der Waals surface area contributed by atoms with Crippen LogP contribution in [0.2, 0.25) is 0 Å². The highest BCUT2D eigenvalue weighted by molar-refractivity contribution is 5.91. The second-order valence-corrected chi connectivity index (χ2v) is 2.90. The number of hydrogen-bond donors (Lipinski definition) is 1. The topological polar surface area (TPSA) is 55.8 Å². The van der Waals surface area contributed by atoms with E-state index in [0.717, 1.165) is 0 Å². The Hall–Kier alpha value is -1.55. The van der Waals surface area contributed by atoms with E-state index < -0.39 is 5.97 Å². The zero-order valence-corrected chi connectivity index (χ0v) is 8.82. The van der Waals surface area contributed by atoms with Crippen molar-refractivity contribution in [2.45, 2.75) is 13.5 Å². The molecule has 0 heterocycles. The quantitative estimate of drug-likeness (QED) is 0.762. The normalized spacial score (nSPS) is 9.80. The summed E-state index contributed by atoms with van der Waals surface area (Å²) in [7, 11) is 1.31. The molecule has 4 heteroatoms. The molecule has 0 aliphatic heterocycles. The predicted molar refractivity (Wildman–Crippen MR) is 54.9 cm³/mol. The summed E-state index contributed by atoms with van der Waals surface area (Å²) >= 11 is 0. The molecule has 0 amide bonds. The highest BCUT2D eigenvalue weighted by Crippen LogP contribution is 2.18. The van der Waals surface area contributed by atoms with Crippen molar-refractivity contribution in [1.29, 1.82) is 0 Å². The van der Waals surface area contributed by atoms with Gasteiger partial charge >= 0.3 is 5.97 Å². The van der Waals surface area contributed by atoms with Gasteiger partial charge in [-0.05, 0) is 30.7 Å². The third-order valence-electron chi connectivity index (χ3n) is 1.96. The monoisotopic (exact) mass is 210 g/mol. The molecule has 0 aliphatic rings. The van der Waals surface area contributed by atoms with Crippen LogP contribution in [0, 0.1) is 0 Å². The van der Waals surface area contributed by atoms with E-state index in [2.05, 4.69) is 4.74 Å². The molecule has 15 heavy (non-hydrogen) atoms. The van der Waals surface area contributed by atoms with Gasteiger partial charge in [0, 0.05) is 0 Å². The van der Waals surface area contributed by atoms with Crippen LogP contribution in [-0.2, 0) is 11.3 Å². The zero-order chi connectivity index (χ0) is 11.3. The maximum absolute atomic E-state index is 11.3. The van der Waals surface area contributed by atoms with Crippen LogP contribution in [0.25, 0.3) is 0 Å². The summed E-state index contributed by atoms with van der Waals surface area (Å²) in [4.78, 5) is 11.3. The standard InChI is InChI=1S/C11H14O4/c1-3-15-9-4-5-10(11(13)14-2)8(6-9)7-12/h4-6,12H,3,7H2,1-2H3. The highest BCUT2D eigenvalue weighted by atomic mass is 16.5. The lowest BCUT2D eigenvalue weighted by molar-refractivity contribution is 0.0597. The summed E-state index contributed by atoms with van der Waals surface area (Å²) in [6, 6.07) is 4.90. The molecule has 0 saturated carbocycles. The molecule has 1 aromatic rings. The number of ether oxygens (including phenoxy) is 2. The summed E-state index contributed by atoms with van der Waals surface area (Å²) < 4.78 is 9.84. The fourth-order valence-electron chi connectivity index (χ4n) is 1.27. The van der Waals surface area contributed by atoms with Crippen LogP contribution in [0.3, 0.4) is 0 Å². The molecule has 1 N–H and O–H groups in total. The Balaban J connectivity index is 3.03. The van der Waals surface area contributed by atoms with Gasteiger partial charge in [-0.1, -0.05) is 0 Å². The Morgan fingerprint density at radius 2 is 2.20 bits per heavy atom. The van der Waals surface area contributed by atoms with Crippen molar-refractivity contribution in [3.63, 3.8) is 0 Å². The predicted octanol–water partition coefficient (Wildman–Crippen LogP) is 1.36. The Kier molecular flexibility index (Phi) is 4.12. The highest BCUT2D eigenvalue weighted by Gasteiger charge is 2.11. The van der Waals surface area contributed by atoms with E-state index in [4.69, 9.17) is 9.84 Å². The number of carbonyl (C=O) groups is 1. The van der Waals surface area contributed by atoms with Crippen molar-refractivity contribution in [2.75, 3.05) is 13.7 Å². The first kappa shape index (κ1) is 11.5. The molecule has 0 aliphatic carbocycles. The molecular weight excluding hydrogens is 196 g/mol. The molecule has 82 valence electrons. The van der Waals surface area contributed by atoms with E-state index in [0.29, 0.717) is 23.5 Å². The van der Waals surface area contributed by atoms with E-state index in [1.165, 1.54) is 7.11 Å². The maximum atomic E-state index is 11.3. The Labute approximate surface area is 88.4 Å². The molecule has 0 bridgehead atoms. The summed E-state index contributed by atoms with van der Waals surface area (Å²) in [5, 5.41) is 9.09. The lowest BCUT2D eigenvalue weighted by atomic mass is 10.1. The molecule has 0 aromatic heterocycles. The van der Waals surface area contributed by atoms with Gasteiger partial charge in [-0.15, -0.1) is 0 Å². The van der Waals surface area contributed by atoms with E-state index in [9.17, 15) is 4.79 Å². The fraction of sp³-hybridized carbons (Fsp3) is 0.364. The average Bonchev–Trinajstić information content (AvgIpc) is 2.28. The number of carbonyl (C=O) groups excluding carboxylic acids is 1. The number of methoxy groups -OCH3 is 1. The van der Waals surface area contributed by atoms with Gasteiger partial charge in [0.2, 0.25) is 0 Å². The fourth-order valence-corrected chi connectivity index (χ4v) is 1.27. The largest absolute Gasteiger partial charge is 0.494 e. The summed E-state index contributed by atoms with van der Waals surface area (Å²) in [5.41, 5.74) is 0.872. The first-order valence-corrected chi connectivity index (χ1v) is 4.67. The Bertz CT molecular complexity index is 346. The molecule has 0 unspecified atom stereocenters. The van der Waals surface area contributed by atoms with Crippen LogP contribution >= 0.6 is 0 Å². The van der Waals surface area contributed by atoms with Gasteiger partial charge in [0.05, 0.1) is 25.9 Å². The van der Waals surface area contributed by atoms with Crippen molar-refractivity contribution in [3.05, 3.63) is 29.3 Å². The maximum Gasteiger partial charge on any atom is 0.338 e. The molecule has 1 rings (SSSR count). The number of aliphatic hydroxyl groups is 1. The van der Waals surface area contributed by atoms with Crippen molar-refractivity contribution >= 4 is 5.97 Å². The van der Waals surface area contributed by atoms with Gasteiger partial charge in [-0.2, -0.15) is 0 Å². The number of hydrogen-bond acceptors (Lipinski definition) is 4. The molecule has 0 spiro atoms. The van der Waals surface area contributed by atoms with E-state index in [1.54, 1.807) is 18.2 Å². The van der Waals surface area contributed by atoms with Crippen LogP contribution < -0.4 is 4.74 Å². The molecule has 0 fully saturated rings. The van der Waals surface area contributed by atoms with Crippen molar-refractivity contribution in [2.24, 2.45) is 0 Å². The first-order valence-electron chi connectivity index (χ1n) is 4.67. The van der Waals surface area contributed by atoms with Gasteiger partial charge in [-0.25, -0.2) is 4.79 Å². The van der Waals surface area contributed by atoms with Crippen LogP contribution in [0.5, 0.6) is 5.75 Å². The molecule has 0 radical (unpaired) electrons. The smallest absolute Gasteiger partial charge is 0.338 e. The molecule has 0 atom stereocenters. The third kappa shape index (κ3) is 2.70. The number of benzene rings is 1. The van der Waals surface area contributed by atoms with Gasteiger partial charge in [0.15, 0.2) is 0 Å². The minimum atomic E-state index is -0.456. The van der Waals surface area contributed by atoms with E-state index in [-0.39, 0.29) is 6.61 Å². The molecule has 4 nitrogen and oxygen atoms in total. The summed E-state index contributed by atoms with van der Waals surface area (Å²) in [6.07, 6.45) is 0. The van der Waals surface area contributed by atoms with E-state index >= 15 is 0 Å². The van der Waals surface area contributed by atoms with E-state index in [1.807, 2.05) is 6.92 Å². The van der Waals surface area contributed by atoms with Crippen molar-refractivity contribution in [1.82, 2.24) is 0 Å². The van der Waals surface area contributed by atoms with Gasteiger partial charge in [0.1, 0.15) is 5.75 Å². The zero-order valence-electron chi connectivity index (χ0n) is 8.82. The number of aliphatic hydroxyl groups excluding tert-OH is 1. The molecule has 0 saturated heterocycles. The van der Waals surface area contributed by atoms with Gasteiger partial charge in [0.25, 0.3) is 0 Å². The molecular formula is C11H14O4. The average molecular weight is 210 g/mol. The SMILES string of the molecule is CCOc1ccc(C(=O)OC)c(CO)c1. The first-order chi connectivity index (χ1) is 7.22. The summed E-state index contributed by atoms with van der Waals surface area (Å²) in [5.74, 6) is 0.177. The minimum absolute atomic E-state index is 0.217. The Morgan fingerprint density at radius 3 is 2.73 bits per heavy atom. The van der Waals surface area contributed by atoms with Gasteiger partial charge < -0.3 is 14.6 Å². The lowest BCUT2D eigenvalue weighted by Gasteiger charge is -2.08. The van der Waals surface area contributed by atoms with Crippen LogP contribution in [-0.4, -0.2) is 24.8 Å². The summed E-state index contributed by atoms with van der Waals surface area (Å²) in [6.45, 7) is 2.20. The van der Waals surface area contributed by atoms with Crippen LogP contribution in [0.1, 0.15) is 22.8 Å². The van der Waals surface area contributed by atoms with Crippen LogP contribution in [0.15, 0.2) is 18.2 Å². The number of esters is 1. The van der Waals surface area contributed by atoms with Crippen molar-refractivity contribution in [3.8, 4) is 5.75 Å². The third-order valence-corrected chi connectivity index (χ3v) is 1.96. The Morgan fingerprint density at radius 1 is 1.47 bits per heavy atom. The second-order valence-electron chi connectivity index (χ2n) is 2.90.